The lowest BCUT2D eigenvalue weighted by Crippen LogP contribution is -1.99. The van der Waals surface area contributed by atoms with Crippen LogP contribution in [0.5, 0.6) is 0 Å². The molecule has 1 heterocycles. The molecule has 0 radical (unpaired) electrons. The lowest BCUT2D eigenvalue weighted by atomic mass is 10.1. The van der Waals surface area contributed by atoms with Gasteiger partial charge in [0.2, 0.25) is 0 Å². The summed E-state index contributed by atoms with van der Waals surface area (Å²) in [5.74, 6) is -0.459. The zero-order chi connectivity index (χ0) is 11.5. The third-order valence-electron chi connectivity index (χ3n) is 2.12. The van der Waals surface area contributed by atoms with E-state index in [0.717, 1.165) is 17.1 Å². The van der Waals surface area contributed by atoms with Gasteiger partial charge in [-0.2, -0.15) is 0 Å². The predicted octanol–water partition coefficient (Wildman–Crippen LogP) is 2.61. The van der Waals surface area contributed by atoms with Gasteiger partial charge in [0, 0.05) is 6.42 Å². The van der Waals surface area contributed by atoms with Crippen LogP contribution in [0, 0.1) is 5.82 Å². The van der Waals surface area contributed by atoms with Gasteiger partial charge in [0.05, 0.1) is 22.2 Å². The van der Waals surface area contributed by atoms with E-state index in [1.807, 2.05) is 0 Å². The second kappa shape index (κ2) is 4.86. The molecular formula is C10H8ClFN2OS. The largest absolute Gasteiger partial charge is 0.387 e. The van der Waals surface area contributed by atoms with Crippen LogP contribution < -0.4 is 0 Å². The summed E-state index contributed by atoms with van der Waals surface area (Å²) >= 11 is 6.78. The number of hydrogen-bond acceptors (Lipinski definition) is 4. The van der Waals surface area contributed by atoms with Crippen LogP contribution in [0.15, 0.2) is 24.4 Å². The molecule has 1 aromatic carbocycles. The molecule has 0 aliphatic heterocycles. The van der Waals surface area contributed by atoms with Gasteiger partial charge in [-0.25, -0.2) is 4.39 Å². The van der Waals surface area contributed by atoms with E-state index in [-0.39, 0.29) is 5.02 Å². The second-order valence-electron chi connectivity index (χ2n) is 3.29. The zero-order valence-corrected chi connectivity index (χ0v) is 9.67. The fourth-order valence-electron chi connectivity index (χ4n) is 1.31. The van der Waals surface area contributed by atoms with Crippen LogP contribution in [0.4, 0.5) is 4.39 Å². The third-order valence-corrected chi connectivity index (χ3v) is 3.17. The summed E-state index contributed by atoms with van der Waals surface area (Å²) in [6, 6.07) is 4.39. The number of hydrogen-bond donors (Lipinski definition) is 1. The predicted molar refractivity (Wildman–Crippen MR) is 60.0 cm³/mol. The molecule has 0 bridgehead atoms. The van der Waals surface area contributed by atoms with Crippen molar-refractivity contribution in [1.82, 2.24) is 9.59 Å². The summed E-state index contributed by atoms with van der Waals surface area (Å²) in [5.41, 5.74) is 0.771. The number of aromatic nitrogens is 2. The fourth-order valence-corrected chi connectivity index (χ4v) is 2.00. The van der Waals surface area contributed by atoms with E-state index in [9.17, 15) is 9.50 Å². The molecule has 0 saturated heterocycles. The molecule has 0 amide bonds. The smallest absolute Gasteiger partial charge is 0.141 e. The number of aliphatic hydroxyl groups is 1. The summed E-state index contributed by atoms with van der Waals surface area (Å²) in [4.78, 5) is 0.681. The van der Waals surface area contributed by atoms with Crippen LogP contribution in [0.1, 0.15) is 16.5 Å². The van der Waals surface area contributed by atoms with Gasteiger partial charge in [-0.15, -0.1) is 5.10 Å². The summed E-state index contributed by atoms with van der Waals surface area (Å²) in [7, 11) is 0. The Bertz CT molecular complexity index is 478. The Hall–Kier alpha value is -1.04. The molecule has 1 N–H and O–H groups in total. The highest BCUT2D eigenvalue weighted by Gasteiger charge is 2.12. The van der Waals surface area contributed by atoms with Gasteiger partial charge < -0.3 is 5.11 Å². The fraction of sp³-hybridized carbons (Fsp3) is 0.200. The maximum absolute atomic E-state index is 12.9. The third kappa shape index (κ3) is 2.55. The number of nitrogens with zero attached hydrogens (tertiary/aromatic N) is 2. The van der Waals surface area contributed by atoms with Gasteiger partial charge in [-0.05, 0) is 29.2 Å². The topological polar surface area (TPSA) is 46.0 Å². The maximum Gasteiger partial charge on any atom is 0.141 e. The van der Waals surface area contributed by atoms with Crippen LogP contribution in [0.3, 0.4) is 0 Å². The Kier molecular flexibility index (Phi) is 3.48. The van der Waals surface area contributed by atoms with Crippen molar-refractivity contribution in [2.24, 2.45) is 0 Å². The van der Waals surface area contributed by atoms with Crippen molar-refractivity contribution in [2.45, 2.75) is 12.5 Å². The molecule has 6 heteroatoms. The van der Waals surface area contributed by atoms with Crippen LogP contribution in [-0.2, 0) is 6.42 Å². The molecule has 1 unspecified atom stereocenters. The molecule has 2 aromatic rings. The molecule has 2 rings (SSSR count). The number of halogens is 2. The molecule has 0 aliphatic carbocycles. The summed E-state index contributed by atoms with van der Waals surface area (Å²) in [6.45, 7) is 0. The quantitative estimate of drug-likeness (QED) is 0.921. The normalized spacial score (nSPS) is 12.7. The minimum Gasteiger partial charge on any atom is -0.387 e. The second-order valence-corrected chi connectivity index (χ2v) is 4.51. The first-order valence-electron chi connectivity index (χ1n) is 4.56. The Labute approximate surface area is 101 Å². The molecule has 1 aromatic heterocycles. The van der Waals surface area contributed by atoms with Crippen LogP contribution >= 0.6 is 23.1 Å². The minimum absolute atomic E-state index is 0.0622. The first kappa shape index (κ1) is 11.4. The lowest BCUT2D eigenvalue weighted by Gasteiger charge is -2.07. The summed E-state index contributed by atoms with van der Waals surface area (Å²) < 4.78 is 16.6. The Morgan fingerprint density at radius 2 is 2.31 bits per heavy atom. The average Bonchev–Trinajstić information content (AvgIpc) is 2.77. The molecule has 1 atom stereocenters. The van der Waals surface area contributed by atoms with Crippen LogP contribution in [-0.4, -0.2) is 14.7 Å². The van der Waals surface area contributed by atoms with E-state index < -0.39 is 11.9 Å². The van der Waals surface area contributed by atoms with Gasteiger partial charge in [0.15, 0.2) is 0 Å². The number of aliphatic hydroxyl groups excluding tert-OH is 1. The summed E-state index contributed by atoms with van der Waals surface area (Å²) in [6.07, 6.45) is 1.20. The van der Waals surface area contributed by atoms with Crippen LogP contribution in [0.2, 0.25) is 5.02 Å². The molecule has 84 valence electrons. The molecular weight excluding hydrogens is 251 g/mol. The minimum atomic E-state index is -0.679. The number of benzene rings is 1. The standard InChI is InChI=1S/C10H8ClFN2OS/c11-7-3-6(1-2-8(7)12)4-9(15)10-5-13-14-16-10/h1-3,5,9,15H,4H2. The van der Waals surface area contributed by atoms with Gasteiger partial charge in [0.1, 0.15) is 5.82 Å². The van der Waals surface area contributed by atoms with E-state index in [1.165, 1.54) is 18.3 Å². The van der Waals surface area contributed by atoms with Crippen molar-refractivity contribution in [3.05, 3.63) is 45.7 Å². The van der Waals surface area contributed by atoms with Crippen molar-refractivity contribution in [3.63, 3.8) is 0 Å². The first-order chi connectivity index (χ1) is 7.66. The van der Waals surface area contributed by atoms with Crippen molar-refractivity contribution >= 4 is 23.1 Å². The van der Waals surface area contributed by atoms with Gasteiger partial charge in [-0.3, -0.25) is 0 Å². The van der Waals surface area contributed by atoms with E-state index in [4.69, 9.17) is 11.6 Å². The van der Waals surface area contributed by atoms with E-state index in [2.05, 4.69) is 9.59 Å². The van der Waals surface area contributed by atoms with Gasteiger partial charge in [0.25, 0.3) is 0 Å². The van der Waals surface area contributed by atoms with Gasteiger partial charge >= 0.3 is 0 Å². The monoisotopic (exact) mass is 258 g/mol. The molecule has 0 spiro atoms. The average molecular weight is 259 g/mol. The molecule has 0 fully saturated rings. The summed E-state index contributed by atoms with van der Waals surface area (Å²) in [5, 5.41) is 13.5. The highest BCUT2D eigenvalue weighted by molar-refractivity contribution is 7.05. The van der Waals surface area contributed by atoms with E-state index >= 15 is 0 Å². The molecule has 0 aliphatic rings. The Morgan fingerprint density at radius 3 is 2.94 bits per heavy atom. The van der Waals surface area contributed by atoms with Crippen molar-refractivity contribution in [2.75, 3.05) is 0 Å². The Morgan fingerprint density at radius 1 is 1.50 bits per heavy atom. The number of rotatable bonds is 3. The maximum atomic E-state index is 12.9. The van der Waals surface area contributed by atoms with E-state index in [1.54, 1.807) is 6.07 Å². The molecule has 0 saturated carbocycles. The first-order valence-corrected chi connectivity index (χ1v) is 5.71. The van der Waals surface area contributed by atoms with Gasteiger partial charge in [-0.1, -0.05) is 22.2 Å². The van der Waals surface area contributed by atoms with Crippen molar-refractivity contribution in [3.8, 4) is 0 Å². The highest BCUT2D eigenvalue weighted by Crippen LogP contribution is 2.23. The SMILES string of the molecule is OC(Cc1ccc(F)c(Cl)c1)c1cnns1. The molecule has 3 nitrogen and oxygen atoms in total. The van der Waals surface area contributed by atoms with Crippen molar-refractivity contribution in [1.29, 1.82) is 0 Å². The van der Waals surface area contributed by atoms with E-state index in [0.29, 0.717) is 11.3 Å². The lowest BCUT2D eigenvalue weighted by molar-refractivity contribution is 0.182. The Balaban J connectivity index is 2.12. The molecule has 16 heavy (non-hydrogen) atoms. The van der Waals surface area contributed by atoms with Crippen LogP contribution in [0.25, 0.3) is 0 Å². The highest BCUT2D eigenvalue weighted by atomic mass is 35.5. The zero-order valence-electron chi connectivity index (χ0n) is 8.10. The van der Waals surface area contributed by atoms with Crippen molar-refractivity contribution < 1.29 is 9.50 Å².